The molecule has 0 unspecified atom stereocenters. The molecule has 1 aliphatic carbocycles. The van der Waals surface area contributed by atoms with Crippen LogP contribution in [0.25, 0.3) is 11.1 Å². The van der Waals surface area contributed by atoms with Gasteiger partial charge in [0, 0.05) is 28.8 Å². The lowest BCUT2D eigenvalue weighted by molar-refractivity contribution is -0.385. The minimum Gasteiger partial charge on any atom is -0.477 e. The van der Waals surface area contributed by atoms with Crippen LogP contribution in [0.3, 0.4) is 0 Å². The number of hydrogen-bond donors (Lipinski definition) is 2. The SMILES string of the molecule is CCC[C@H](CC(C)C)CN(C1=CC=CCC1)c1cc(Cl)c(-c2ccc([N+](=O)[O-])c(C(=O)O)c2)cc1S. The molecule has 0 amide bonds. The van der Waals surface area contributed by atoms with Crippen molar-refractivity contribution < 1.29 is 14.8 Å². The fourth-order valence-electron chi connectivity index (χ4n) is 4.82. The standard InChI is InChI=1S/C28H33ClN2O4S/c1-4-8-19(13-18(2)3)17-30(21-9-6-5-7-10-21)26-16-24(29)22(15-27(26)36)20-11-12-25(31(34)35)23(14-20)28(32)33/h5-6,9,11-12,14-16,18-19,36H,4,7-8,10,13,17H2,1-3H3,(H,32,33)/t19-/m1/s1. The fourth-order valence-corrected chi connectivity index (χ4v) is 5.41. The normalized spacial score (nSPS) is 14.0. The molecule has 2 aromatic carbocycles. The summed E-state index contributed by atoms with van der Waals surface area (Å²) in [6.07, 6.45) is 11.7. The second-order valence-corrected chi connectivity index (χ2v) is 10.5. The van der Waals surface area contributed by atoms with E-state index in [1.165, 1.54) is 23.9 Å². The van der Waals surface area contributed by atoms with E-state index >= 15 is 0 Å². The zero-order valence-corrected chi connectivity index (χ0v) is 22.6. The van der Waals surface area contributed by atoms with Gasteiger partial charge in [0.25, 0.3) is 5.69 Å². The monoisotopic (exact) mass is 528 g/mol. The lowest BCUT2D eigenvalue weighted by atomic mass is 9.91. The third-order valence-electron chi connectivity index (χ3n) is 6.37. The average molecular weight is 529 g/mol. The predicted molar refractivity (Wildman–Crippen MR) is 149 cm³/mol. The summed E-state index contributed by atoms with van der Waals surface area (Å²) in [6.45, 7) is 7.57. The Balaban J connectivity index is 2.06. The van der Waals surface area contributed by atoms with Gasteiger partial charge in [-0.15, -0.1) is 12.6 Å². The zero-order valence-electron chi connectivity index (χ0n) is 20.9. The van der Waals surface area contributed by atoms with Gasteiger partial charge in [-0.1, -0.05) is 50.9 Å². The van der Waals surface area contributed by atoms with Crippen molar-refractivity contribution in [1.29, 1.82) is 0 Å². The number of allylic oxidation sites excluding steroid dienone is 4. The maximum Gasteiger partial charge on any atom is 0.342 e. The molecule has 0 aliphatic heterocycles. The molecule has 2 aromatic rings. The highest BCUT2D eigenvalue weighted by molar-refractivity contribution is 7.80. The summed E-state index contributed by atoms with van der Waals surface area (Å²) in [7, 11) is 0. The van der Waals surface area contributed by atoms with Gasteiger partial charge in [-0.2, -0.15) is 0 Å². The van der Waals surface area contributed by atoms with Crippen molar-refractivity contribution in [2.24, 2.45) is 11.8 Å². The van der Waals surface area contributed by atoms with E-state index in [9.17, 15) is 20.0 Å². The molecule has 0 fully saturated rings. The number of thiol groups is 1. The molecule has 1 N–H and O–H groups in total. The van der Waals surface area contributed by atoms with Crippen LogP contribution in [0.1, 0.15) is 63.2 Å². The van der Waals surface area contributed by atoms with Crippen LogP contribution in [0, 0.1) is 22.0 Å². The Bertz CT molecular complexity index is 1190. The summed E-state index contributed by atoms with van der Waals surface area (Å²) in [5.41, 5.74) is 2.34. The molecule has 3 rings (SSSR count). The van der Waals surface area contributed by atoms with Gasteiger partial charge >= 0.3 is 5.97 Å². The summed E-state index contributed by atoms with van der Waals surface area (Å²) >= 11 is 11.6. The van der Waals surface area contributed by atoms with Gasteiger partial charge in [-0.3, -0.25) is 10.1 Å². The van der Waals surface area contributed by atoms with E-state index in [2.05, 4.69) is 43.9 Å². The van der Waals surface area contributed by atoms with E-state index in [1.807, 2.05) is 12.1 Å². The van der Waals surface area contributed by atoms with Gasteiger partial charge in [0.2, 0.25) is 0 Å². The number of nitro groups is 1. The van der Waals surface area contributed by atoms with E-state index in [4.69, 9.17) is 24.2 Å². The molecule has 0 heterocycles. The Kier molecular flexibility index (Phi) is 9.63. The zero-order chi connectivity index (χ0) is 26.4. The molecular weight excluding hydrogens is 496 g/mol. The number of halogens is 1. The van der Waals surface area contributed by atoms with Crippen molar-refractivity contribution in [1.82, 2.24) is 0 Å². The van der Waals surface area contributed by atoms with Crippen LogP contribution in [-0.2, 0) is 0 Å². The number of nitrogens with zero attached hydrogens (tertiary/aromatic N) is 2. The lowest BCUT2D eigenvalue weighted by Crippen LogP contribution is -2.30. The molecule has 0 saturated heterocycles. The molecule has 0 aromatic heterocycles. The van der Waals surface area contributed by atoms with Crippen molar-refractivity contribution in [2.45, 2.75) is 57.8 Å². The maximum atomic E-state index is 11.6. The molecular formula is C28H33ClN2O4S. The van der Waals surface area contributed by atoms with Crippen LogP contribution in [0.15, 0.2) is 59.2 Å². The summed E-state index contributed by atoms with van der Waals surface area (Å²) in [5, 5.41) is 21.2. The Morgan fingerprint density at radius 3 is 2.61 bits per heavy atom. The maximum absolute atomic E-state index is 11.6. The molecule has 0 saturated carbocycles. The van der Waals surface area contributed by atoms with Crippen molar-refractivity contribution in [3.8, 4) is 11.1 Å². The number of anilines is 1. The Labute approximate surface area is 223 Å². The summed E-state index contributed by atoms with van der Waals surface area (Å²) in [4.78, 5) is 25.2. The topological polar surface area (TPSA) is 83.7 Å². The second kappa shape index (κ2) is 12.5. The van der Waals surface area contributed by atoms with Crippen LogP contribution < -0.4 is 4.90 Å². The first-order valence-electron chi connectivity index (χ1n) is 12.3. The van der Waals surface area contributed by atoms with E-state index in [1.54, 1.807) is 0 Å². The summed E-state index contributed by atoms with van der Waals surface area (Å²) < 4.78 is 0. The summed E-state index contributed by atoms with van der Waals surface area (Å²) in [6, 6.07) is 7.70. The molecule has 8 heteroatoms. The largest absolute Gasteiger partial charge is 0.477 e. The van der Waals surface area contributed by atoms with Crippen molar-refractivity contribution in [3.63, 3.8) is 0 Å². The van der Waals surface area contributed by atoms with Gasteiger partial charge in [0.1, 0.15) is 5.56 Å². The lowest BCUT2D eigenvalue weighted by Gasteiger charge is -2.34. The van der Waals surface area contributed by atoms with Gasteiger partial charge in [0.05, 0.1) is 15.6 Å². The molecule has 1 atom stereocenters. The molecule has 0 spiro atoms. The van der Waals surface area contributed by atoms with Crippen LogP contribution in [0.5, 0.6) is 0 Å². The Morgan fingerprint density at radius 1 is 1.28 bits per heavy atom. The highest BCUT2D eigenvalue weighted by atomic mass is 35.5. The molecule has 1 aliphatic rings. The number of carbonyl (C=O) groups is 1. The van der Waals surface area contributed by atoms with E-state index in [-0.39, 0.29) is 5.56 Å². The van der Waals surface area contributed by atoms with Crippen LogP contribution in [-0.4, -0.2) is 22.5 Å². The Morgan fingerprint density at radius 2 is 2.03 bits per heavy atom. The number of nitro benzene ring substituents is 1. The van der Waals surface area contributed by atoms with Crippen LogP contribution in [0.2, 0.25) is 5.02 Å². The number of carboxylic acids is 1. The molecule has 36 heavy (non-hydrogen) atoms. The minimum absolute atomic E-state index is 0.379. The van der Waals surface area contributed by atoms with Crippen LogP contribution >= 0.6 is 24.2 Å². The average Bonchev–Trinajstić information content (AvgIpc) is 2.83. The quantitative estimate of drug-likeness (QED) is 0.174. The number of carboxylic acid groups (broad SMARTS) is 1. The third-order valence-corrected chi connectivity index (χ3v) is 7.04. The van der Waals surface area contributed by atoms with Crippen molar-refractivity contribution in [3.05, 3.63) is 75.0 Å². The number of rotatable bonds is 11. The van der Waals surface area contributed by atoms with Crippen molar-refractivity contribution in [2.75, 3.05) is 11.4 Å². The van der Waals surface area contributed by atoms with Crippen molar-refractivity contribution >= 4 is 41.6 Å². The molecule has 0 bridgehead atoms. The highest BCUT2D eigenvalue weighted by Gasteiger charge is 2.24. The first kappa shape index (κ1) is 27.8. The van der Waals surface area contributed by atoms with Gasteiger partial charge < -0.3 is 10.0 Å². The number of aromatic carboxylic acids is 1. The molecule has 0 radical (unpaired) electrons. The van der Waals surface area contributed by atoms with Crippen LogP contribution in [0.4, 0.5) is 11.4 Å². The first-order valence-corrected chi connectivity index (χ1v) is 13.1. The van der Waals surface area contributed by atoms with E-state index in [0.717, 1.165) is 44.3 Å². The summed E-state index contributed by atoms with van der Waals surface area (Å²) in [5.74, 6) is -0.255. The van der Waals surface area contributed by atoms with E-state index in [0.29, 0.717) is 32.9 Å². The van der Waals surface area contributed by atoms with E-state index < -0.39 is 16.6 Å². The second-order valence-electron chi connectivity index (χ2n) is 9.63. The smallest absolute Gasteiger partial charge is 0.342 e. The molecule has 192 valence electrons. The predicted octanol–water partition coefficient (Wildman–Crippen LogP) is 8.40. The third kappa shape index (κ3) is 6.71. The number of hydrogen-bond acceptors (Lipinski definition) is 5. The Hall–Kier alpha value is -2.77. The highest BCUT2D eigenvalue weighted by Crippen LogP contribution is 2.40. The minimum atomic E-state index is -1.36. The van der Waals surface area contributed by atoms with Gasteiger partial charge in [-0.05, 0) is 73.4 Å². The molecule has 6 nitrogen and oxygen atoms in total. The van der Waals surface area contributed by atoms with Gasteiger partial charge in [0.15, 0.2) is 0 Å². The van der Waals surface area contributed by atoms with Gasteiger partial charge in [-0.25, -0.2) is 4.79 Å². The first-order chi connectivity index (χ1) is 17.1. The fraction of sp³-hybridized carbons (Fsp3) is 0.393. The number of benzene rings is 2.